The summed E-state index contributed by atoms with van der Waals surface area (Å²) in [5.41, 5.74) is 14.1. The van der Waals surface area contributed by atoms with Gasteiger partial charge in [0.25, 0.3) is 0 Å². The maximum Gasteiger partial charge on any atom is 0.192 e. The molecule has 0 radical (unpaired) electrons. The van der Waals surface area contributed by atoms with Crippen LogP contribution in [0, 0.1) is 17.3 Å². The van der Waals surface area contributed by atoms with Crippen molar-refractivity contribution in [1.29, 1.82) is 0 Å². The predicted molar refractivity (Wildman–Crippen MR) is 120 cm³/mol. The number of piperidine rings is 1. The van der Waals surface area contributed by atoms with Crippen molar-refractivity contribution >= 4 is 34.9 Å². The molecule has 0 aromatic carbocycles. The molecule has 1 spiro atoms. The van der Waals surface area contributed by atoms with Crippen LogP contribution in [0.25, 0.3) is 0 Å². The van der Waals surface area contributed by atoms with E-state index in [0.29, 0.717) is 33.8 Å². The summed E-state index contributed by atoms with van der Waals surface area (Å²) < 4.78 is 6.11. The maximum atomic E-state index is 10.0. The summed E-state index contributed by atoms with van der Waals surface area (Å²) in [5.74, 6) is 0.976. The zero-order chi connectivity index (χ0) is 21.8. The van der Waals surface area contributed by atoms with E-state index in [1.54, 1.807) is 18.5 Å². The lowest BCUT2D eigenvalue weighted by Gasteiger charge is -2.52. The van der Waals surface area contributed by atoms with Crippen LogP contribution in [0.4, 0.5) is 11.5 Å². The fraction of sp³-hybridized carbons (Fsp3) is 0.571. The SMILES string of the molecule is C[C@@H]1[C@H]2CC3(CCN(c4cnc(Sc5ccnc(N)c5Cl)nc4CO)CC3[C@@H]1N)CO2. The minimum atomic E-state index is -0.169. The molecule has 1 aliphatic carbocycles. The molecule has 3 aliphatic rings. The summed E-state index contributed by atoms with van der Waals surface area (Å²) in [6, 6.07) is 1.88. The van der Waals surface area contributed by atoms with Gasteiger partial charge >= 0.3 is 0 Å². The van der Waals surface area contributed by atoms with Crippen LogP contribution in [0.3, 0.4) is 0 Å². The van der Waals surface area contributed by atoms with E-state index >= 15 is 0 Å². The number of ether oxygens (including phenoxy) is 1. The van der Waals surface area contributed by atoms with Crippen LogP contribution in [0.2, 0.25) is 5.02 Å². The van der Waals surface area contributed by atoms with Gasteiger partial charge in [0.15, 0.2) is 5.16 Å². The minimum Gasteiger partial charge on any atom is -0.390 e. The highest BCUT2D eigenvalue weighted by Crippen LogP contribution is 2.54. The number of aliphatic hydroxyl groups is 1. The molecular formula is C21H27ClN6O2S. The first-order valence-corrected chi connectivity index (χ1v) is 11.8. The van der Waals surface area contributed by atoms with Crippen molar-refractivity contribution in [3.05, 3.63) is 29.2 Å². The zero-order valence-corrected chi connectivity index (χ0v) is 18.9. The average molecular weight is 463 g/mol. The molecule has 0 amide bonds. The van der Waals surface area contributed by atoms with Crippen molar-refractivity contribution in [1.82, 2.24) is 15.0 Å². The van der Waals surface area contributed by atoms with E-state index in [0.717, 1.165) is 43.1 Å². The molecule has 8 nitrogen and oxygen atoms in total. The summed E-state index contributed by atoms with van der Waals surface area (Å²) >= 11 is 7.55. The second-order valence-electron chi connectivity index (χ2n) is 8.91. The van der Waals surface area contributed by atoms with Crippen LogP contribution in [-0.2, 0) is 11.3 Å². The molecule has 1 saturated carbocycles. The topological polar surface area (TPSA) is 123 Å². The van der Waals surface area contributed by atoms with E-state index in [4.69, 9.17) is 27.8 Å². The summed E-state index contributed by atoms with van der Waals surface area (Å²) in [5, 5.41) is 10.9. The Labute approximate surface area is 190 Å². The summed E-state index contributed by atoms with van der Waals surface area (Å²) in [6.45, 7) is 4.55. The largest absolute Gasteiger partial charge is 0.390 e. The number of halogens is 1. The van der Waals surface area contributed by atoms with Crippen molar-refractivity contribution < 1.29 is 9.84 Å². The lowest BCUT2D eigenvalue weighted by molar-refractivity contribution is 0.0499. The molecule has 2 bridgehead atoms. The molecule has 3 fully saturated rings. The molecule has 2 aromatic heterocycles. The molecule has 10 heteroatoms. The fourth-order valence-electron chi connectivity index (χ4n) is 5.43. The highest BCUT2D eigenvalue weighted by Gasteiger charge is 2.57. The van der Waals surface area contributed by atoms with Crippen LogP contribution in [0.1, 0.15) is 25.5 Å². The lowest BCUT2D eigenvalue weighted by Crippen LogP contribution is -2.59. The van der Waals surface area contributed by atoms with Gasteiger partial charge in [-0.1, -0.05) is 18.5 Å². The van der Waals surface area contributed by atoms with Gasteiger partial charge in [0, 0.05) is 35.6 Å². The average Bonchev–Trinajstić information content (AvgIpc) is 3.16. The van der Waals surface area contributed by atoms with Crippen molar-refractivity contribution in [3.8, 4) is 0 Å². The van der Waals surface area contributed by atoms with Gasteiger partial charge in [-0.05, 0) is 42.5 Å². The number of aromatic nitrogens is 3. The number of hydrogen-bond donors (Lipinski definition) is 3. The Kier molecular flexibility index (Phi) is 5.50. The molecule has 31 heavy (non-hydrogen) atoms. The minimum absolute atomic E-state index is 0.108. The highest BCUT2D eigenvalue weighted by atomic mass is 35.5. The molecule has 166 valence electrons. The standard InChI is InChI=1S/C21H27ClN6O2S/c1-11-15-6-21(10-30-15)3-5-28(8-12(21)18(11)23)14-7-26-20(27-13(14)9-29)31-16-2-4-25-19(24)17(16)22/h2,4,7,11-12,15,18,29H,3,5-6,8-10,23H2,1H3,(H2,24,25)/t11-,12?,15-,18-,21?/m1/s1. The normalized spacial score (nSPS) is 32.2. The number of pyridine rings is 1. The number of hydrogen-bond acceptors (Lipinski definition) is 9. The molecule has 5 rings (SSSR count). The van der Waals surface area contributed by atoms with E-state index < -0.39 is 0 Å². The third-order valence-corrected chi connectivity index (χ3v) is 8.78. The van der Waals surface area contributed by atoms with Crippen molar-refractivity contribution in [2.24, 2.45) is 23.0 Å². The van der Waals surface area contributed by atoms with Gasteiger partial charge in [-0.25, -0.2) is 15.0 Å². The van der Waals surface area contributed by atoms with Gasteiger partial charge in [-0.3, -0.25) is 0 Å². The first-order chi connectivity index (χ1) is 14.9. The van der Waals surface area contributed by atoms with Crippen LogP contribution in [0.5, 0.6) is 0 Å². The van der Waals surface area contributed by atoms with Crippen molar-refractivity contribution in [3.63, 3.8) is 0 Å². The van der Waals surface area contributed by atoms with E-state index in [9.17, 15) is 5.11 Å². The van der Waals surface area contributed by atoms with Crippen LogP contribution in [0.15, 0.2) is 28.5 Å². The summed E-state index contributed by atoms with van der Waals surface area (Å²) in [7, 11) is 0. The number of nitrogens with two attached hydrogens (primary N) is 2. The summed E-state index contributed by atoms with van der Waals surface area (Å²) in [6.07, 6.45) is 5.82. The van der Waals surface area contributed by atoms with Gasteiger partial charge in [-0.15, -0.1) is 0 Å². The van der Waals surface area contributed by atoms with Crippen molar-refractivity contribution in [2.45, 2.75) is 48.6 Å². The molecule has 2 aromatic rings. The third-order valence-electron chi connectivity index (χ3n) is 7.33. The highest BCUT2D eigenvalue weighted by molar-refractivity contribution is 7.99. The number of aliphatic hydroxyl groups excluding tert-OH is 1. The smallest absolute Gasteiger partial charge is 0.192 e. The predicted octanol–water partition coefficient (Wildman–Crippen LogP) is 2.33. The van der Waals surface area contributed by atoms with Crippen LogP contribution < -0.4 is 16.4 Å². The molecule has 4 heterocycles. The van der Waals surface area contributed by atoms with E-state index in [-0.39, 0.29) is 23.9 Å². The van der Waals surface area contributed by atoms with Gasteiger partial charge in [0.2, 0.25) is 0 Å². The van der Waals surface area contributed by atoms with E-state index in [2.05, 4.69) is 26.8 Å². The number of nitrogen functional groups attached to an aromatic ring is 1. The van der Waals surface area contributed by atoms with Gasteiger partial charge in [-0.2, -0.15) is 0 Å². The molecule has 2 aliphatic heterocycles. The van der Waals surface area contributed by atoms with Gasteiger partial charge in [0.05, 0.1) is 41.9 Å². The van der Waals surface area contributed by atoms with Crippen LogP contribution >= 0.6 is 23.4 Å². The molecule has 2 unspecified atom stereocenters. The monoisotopic (exact) mass is 462 g/mol. The van der Waals surface area contributed by atoms with E-state index in [1.807, 2.05) is 0 Å². The second-order valence-corrected chi connectivity index (χ2v) is 10.3. The molecule has 5 atom stereocenters. The number of nitrogens with zero attached hydrogens (tertiary/aromatic N) is 4. The first kappa shape index (κ1) is 21.2. The zero-order valence-electron chi connectivity index (χ0n) is 17.4. The van der Waals surface area contributed by atoms with E-state index in [1.165, 1.54) is 11.8 Å². The Morgan fingerprint density at radius 1 is 1.42 bits per heavy atom. The Hall–Kier alpha value is -1.65. The van der Waals surface area contributed by atoms with Gasteiger partial charge in [0.1, 0.15) is 5.82 Å². The Morgan fingerprint density at radius 2 is 2.26 bits per heavy atom. The Morgan fingerprint density at radius 3 is 3.06 bits per heavy atom. The quantitative estimate of drug-likeness (QED) is 0.587. The molecule has 2 saturated heterocycles. The fourth-order valence-corrected chi connectivity index (χ4v) is 6.44. The number of rotatable bonds is 4. The number of anilines is 2. The summed E-state index contributed by atoms with van der Waals surface area (Å²) in [4.78, 5) is 16.1. The maximum absolute atomic E-state index is 10.0. The molecular weight excluding hydrogens is 436 g/mol. The Balaban J connectivity index is 1.39. The number of fused-ring (bicyclic) bond motifs is 1. The van der Waals surface area contributed by atoms with Crippen molar-refractivity contribution in [2.75, 3.05) is 30.3 Å². The second kappa shape index (κ2) is 8.04. The first-order valence-electron chi connectivity index (χ1n) is 10.6. The lowest BCUT2D eigenvalue weighted by atomic mass is 9.59. The molecule has 5 N–H and O–H groups in total. The Bertz CT molecular complexity index is 996. The van der Waals surface area contributed by atoms with Gasteiger partial charge < -0.3 is 26.2 Å². The van der Waals surface area contributed by atoms with Crippen LogP contribution in [-0.4, -0.2) is 51.9 Å². The third kappa shape index (κ3) is 3.56.